The molecule has 0 spiro atoms. The van der Waals surface area contributed by atoms with Crippen molar-refractivity contribution in [2.45, 2.75) is 58.9 Å². The molecule has 2 amide bonds. The van der Waals surface area contributed by atoms with Crippen LogP contribution in [0, 0.1) is 11.3 Å². The number of imidazole rings is 2. The Balaban J connectivity index is 1.14. The smallest absolute Gasteiger partial charge is 0.341 e. The number of benzene rings is 1. The van der Waals surface area contributed by atoms with E-state index >= 15 is 0 Å². The Morgan fingerprint density at radius 3 is 2.62 bits per heavy atom. The molecule has 0 saturated heterocycles. The molecular weight excluding hydrogens is 510 g/mol. The Hall–Kier alpha value is -4.15. The van der Waals surface area contributed by atoms with Crippen LogP contribution in [0.5, 0.6) is 5.75 Å². The van der Waals surface area contributed by atoms with E-state index < -0.39 is 5.97 Å². The number of hydrogen-bond donors (Lipinski definition) is 4. The lowest BCUT2D eigenvalue weighted by Gasteiger charge is -2.26. The van der Waals surface area contributed by atoms with E-state index in [1.807, 2.05) is 6.92 Å². The lowest BCUT2D eigenvalue weighted by molar-refractivity contribution is 0.0521. The largest absolute Gasteiger partial charge is 0.491 e. The summed E-state index contributed by atoms with van der Waals surface area (Å²) in [6.45, 7) is 7.55. The number of urea groups is 1. The molecule has 3 heterocycles. The van der Waals surface area contributed by atoms with E-state index in [-0.39, 0.29) is 31.1 Å². The van der Waals surface area contributed by atoms with Crippen molar-refractivity contribution in [3.63, 3.8) is 0 Å². The van der Waals surface area contributed by atoms with Crippen LogP contribution in [0.25, 0.3) is 0 Å². The summed E-state index contributed by atoms with van der Waals surface area (Å²) in [5.74, 6) is 1.98. The van der Waals surface area contributed by atoms with Crippen LogP contribution in [0.2, 0.25) is 0 Å². The Morgan fingerprint density at radius 2 is 1.88 bits per heavy atom. The molecule has 3 aromatic rings. The average Bonchev–Trinajstić information content (AvgIpc) is 3.58. The van der Waals surface area contributed by atoms with Gasteiger partial charge in [-0.1, -0.05) is 12.1 Å². The zero-order valence-electron chi connectivity index (χ0n) is 23.3. The molecule has 11 nitrogen and oxygen atoms in total. The molecule has 5 rings (SSSR count). The molecular formula is C29H37N7O4. The fourth-order valence-electron chi connectivity index (χ4n) is 5.30. The number of aryl methyl sites for hydroxylation is 1. The van der Waals surface area contributed by atoms with E-state index in [0.29, 0.717) is 37.4 Å². The standard InChI is InChI=1S/C29H37N7O4/c1-4-39-28(37)20-7-5-6-8-25(20)40-14-12-31-29(38)36-13-11-22-24(16-36)35-27(33-22)17(2)26-32-21-10-9-19(18(3)30)15-23(21)34-26/h5-8,17,19,30H,4,9-16H2,1-3H3,(H,31,38)(H,32,34)(H,33,35). The third-order valence-corrected chi connectivity index (χ3v) is 7.65. The van der Waals surface area contributed by atoms with Crippen molar-refractivity contribution in [3.8, 4) is 5.75 Å². The van der Waals surface area contributed by atoms with Crippen LogP contribution in [0.4, 0.5) is 4.79 Å². The minimum atomic E-state index is -0.433. The normalized spacial score (nSPS) is 17.0. The van der Waals surface area contributed by atoms with Gasteiger partial charge in [0.25, 0.3) is 0 Å². The number of carbonyl (C=O) groups excluding carboxylic acids is 2. The molecule has 1 aliphatic carbocycles. The van der Waals surface area contributed by atoms with Crippen molar-refractivity contribution in [3.05, 3.63) is 64.3 Å². The van der Waals surface area contributed by atoms with Crippen molar-refractivity contribution in [1.82, 2.24) is 30.2 Å². The summed E-state index contributed by atoms with van der Waals surface area (Å²) in [6.07, 6.45) is 3.37. The summed E-state index contributed by atoms with van der Waals surface area (Å²) in [5.41, 5.74) is 5.27. The molecule has 40 heavy (non-hydrogen) atoms. The molecule has 0 fully saturated rings. The Labute approximate surface area is 233 Å². The number of para-hydroxylation sites is 1. The molecule has 2 aliphatic rings. The van der Waals surface area contributed by atoms with Crippen LogP contribution < -0.4 is 10.1 Å². The van der Waals surface area contributed by atoms with Gasteiger partial charge < -0.3 is 35.1 Å². The van der Waals surface area contributed by atoms with Gasteiger partial charge in [0.1, 0.15) is 29.6 Å². The third kappa shape index (κ3) is 5.88. The monoisotopic (exact) mass is 547 g/mol. The number of rotatable bonds is 9. The number of aromatic amines is 2. The number of nitrogens with zero attached hydrogens (tertiary/aromatic N) is 3. The minimum absolute atomic E-state index is 0.0346. The van der Waals surface area contributed by atoms with E-state index in [2.05, 4.69) is 22.2 Å². The predicted molar refractivity (Wildman–Crippen MR) is 149 cm³/mol. The Kier molecular flexibility index (Phi) is 8.18. The van der Waals surface area contributed by atoms with Gasteiger partial charge in [0.15, 0.2) is 0 Å². The van der Waals surface area contributed by atoms with Crippen LogP contribution in [0.1, 0.15) is 77.9 Å². The molecule has 0 saturated carbocycles. The molecule has 2 unspecified atom stereocenters. The van der Waals surface area contributed by atoms with Crippen molar-refractivity contribution >= 4 is 17.7 Å². The van der Waals surface area contributed by atoms with Crippen LogP contribution in [-0.2, 0) is 30.5 Å². The number of hydrogen-bond acceptors (Lipinski definition) is 7. The fourth-order valence-corrected chi connectivity index (χ4v) is 5.30. The highest BCUT2D eigenvalue weighted by Crippen LogP contribution is 2.29. The fraction of sp³-hybridized carbons (Fsp3) is 0.483. The SMILES string of the molecule is CCOC(=O)c1ccccc1OCCNC(=O)N1CCc2nc(C(C)c3nc4c([nH]3)CC(C(C)=N)CC4)[nH]c2C1. The summed E-state index contributed by atoms with van der Waals surface area (Å²) < 4.78 is 10.8. The zero-order chi connectivity index (χ0) is 28.2. The first-order valence-corrected chi connectivity index (χ1v) is 14.0. The van der Waals surface area contributed by atoms with Gasteiger partial charge in [0.2, 0.25) is 0 Å². The summed E-state index contributed by atoms with van der Waals surface area (Å²) in [7, 11) is 0. The van der Waals surface area contributed by atoms with Crippen LogP contribution in [0.15, 0.2) is 24.3 Å². The zero-order valence-corrected chi connectivity index (χ0v) is 23.3. The average molecular weight is 548 g/mol. The van der Waals surface area contributed by atoms with E-state index in [1.54, 1.807) is 36.1 Å². The van der Waals surface area contributed by atoms with E-state index in [1.165, 1.54) is 0 Å². The van der Waals surface area contributed by atoms with Gasteiger partial charge >= 0.3 is 12.0 Å². The van der Waals surface area contributed by atoms with Gasteiger partial charge in [-0.2, -0.15) is 0 Å². The molecule has 212 valence electrons. The van der Waals surface area contributed by atoms with Gasteiger partial charge in [0, 0.05) is 30.3 Å². The van der Waals surface area contributed by atoms with Crippen LogP contribution in [0.3, 0.4) is 0 Å². The maximum absolute atomic E-state index is 12.8. The topological polar surface area (TPSA) is 149 Å². The number of H-pyrrole nitrogens is 2. The Bertz CT molecular complexity index is 1390. The first-order chi connectivity index (χ1) is 19.3. The second-order valence-corrected chi connectivity index (χ2v) is 10.4. The first kappa shape index (κ1) is 27.4. The van der Waals surface area contributed by atoms with Crippen molar-refractivity contribution in [2.75, 3.05) is 26.3 Å². The number of carbonyl (C=O) groups is 2. The summed E-state index contributed by atoms with van der Waals surface area (Å²) in [6, 6.07) is 6.74. The summed E-state index contributed by atoms with van der Waals surface area (Å²) in [5, 5.41) is 10.9. The molecule has 1 aliphatic heterocycles. The van der Waals surface area contributed by atoms with Gasteiger partial charge in [0.05, 0.1) is 42.7 Å². The number of fused-ring (bicyclic) bond motifs is 2. The number of aromatic nitrogens is 4. The molecule has 0 radical (unpaired) electrons. The highest BCUT2D eigenvalue weighted by atomic mass is 16.5. The van der Waals surface area contributed by atoms with Crippen molar-refractivity contribution in [2.24, 2.45) is 5.92 Å². The number of esters is 1. The minimum Gasteiger partial charge on any atom is -0.491 e. The van der Waals surface area contributed by atoms with Gasteiger partial charge in [-0.05, 0) is 52.2 Å². The van der Waals surface area contributed by atoms with Gasteiger partial charge in [-0.15, -0.1) is 0 Å². The van der Waals surface area contributed by atoms with E-state index in [4.69, 9.17) is 24.9 Å². The lowest BCUT2D eigenvalue weighted by atomic mass is 9.87. The first-order valence-electron chi connectivity index (χ1n) is 14.0. The van der Waals surface area contributed by atoms with E-state index in [0.717, 1.165) is 59.4 Å². The second kappa shape index (κ2) is 11.9. The Morgan fingerprint density at radius 1 is 1.15 bits per heavy atom. The summed E-state index contributed by atoms with van der Waals surface area (Å²) in [4.78, 5) is 43.4. The molecule has 0 bridgehead atoms. The number of nitrogens with one attached hydrogen (secondary N) is 4. The number of ether oxygens (including phenoxy) is 2. The van der Waals surface area contributed by atoms with Gasteiger partial charge in [-0.3, -0.25) is 0 Å². The molecule has 11 heteroatoms. The quantitative estimate of drug-likeness (QED) is 0.182. The third-order valence-electron chi connectivity index (χ3n) is 7.65. The molecule has 4 N–H and O–H groups in total. The molecule has 2 atom stereocenters. The highest BCUT2D eigenvalue weighted by molar-refractivity contribution is 5.92. The van der Waals surface area contributed by atoms with Crippen LogP contribution >= 0.6 is 0 Å². The van der Waals surface area contributed by atoms with Gasteiger partial charge in [-0.25, -0.2) is 19.6 Å². The summed E-state index contributed by atoms with van der Waals surface area (Å²) >= 11 is 0. The maximum Gasteiger partial charge on any atom is 0.341 e. The van der Waals surface area contributed by atoms with Crippen LogP contribution in [-0.4, -0.2) is 68.9 Å². The number of amides is 2. The maximum atomic E-state index is 12.8. The highest BCUT2D eigenvalue weighted by Gasteiger charge is 2.28. The van der Waals surface area contributed by atoms with E-state index in [9.17, 15) is 9.59 Å². The lowest BCUT2D eigenvalue weighted by Crippen LogP contribution is -2.44. The second-order valence-electron chi connectivity index (χ2n) is 10.4. The molecule has 1 aromatic carbocycles. The van der Waals surface area contributed by atoms with Crippen molar-refractivity contribution < 1.29 is 19.1 Å². The van der Waals surface area contributed by atoms with Crippen molar-refractivity contribution in [1.29, 1.82) is 5.41 Å². The molecule has 2 aromatic heterocycles. The predicted octanol–water partition coefficient (Wildman–Crippen LogP) is 3.75.